The van der Waals surface area contributed by atoms with Crippen molar-refractivity contribution in [1.29, 1.82) is 0 Å². The number of nitrogens with one attached hydrogen (secondary N) is 1. The number of nitrogens with zero attached hydrogens (tertiary/aromatic N) is 3. The first kappa shape index (κ1) is 20.5. The van der Waals surface area contributed by atoms with E-state index in [0.717, 1.165) is 41.2 Å². The summed E-state index contributed by atoms with van der Waals surface area (Å²) < 4.78 is 1.93. The Labute approximate surface area is 191 Å². The molecule has 1 amide bonds. The number of amides is 1. The number of benzene rings is 3. The fraction of sp³-hybridized carbons (Fsp3) is 0.192. The summed E-state index contributed by atoms with van der Waals surface area (Å²) in [5.41, 5.74) is 3.88. The highest BCUT2D eigenvalue weighted by Gasteiger charge is 2.31. The van der Waals surface area contributed by atoms with E-state index in [4.69, 9.17) is 10.1 Å². The summed E-state index contributed by atoms with van der Waals surface area (Å²) in [4.78, 5) is 17.8. The highest BCUT2D eigenvalue weighted by Crippen LogP contribution is 2.40. The molecule has 0 aliphatic heterocycles. The SMILES string of the molecule is C[C@@H](Sc1nc(C2CC2)n(-c2ccccc2)n1)C(=O)Nc1ccccc1-c1ccccc1. The number of carbonyl (C=O) groups excluding carboxylic acids is 1. The molecule has 1 aromatic heterocycles. The van der Waals surface area contributed by atoms with Crippen molar-refractivity contribution in [3.05, 3.63) is 90.8 Å². The molecule has 1 fully saturated rings. The largest absolute Gasteiger partial charge is 0.325 e. The lowest BCUT2D eigenvalue weighted by molar-refractivity contribution is -0.115. The summed E-state index contributed by atoms with van der Waals surface area (Å²) in [6, 6.07) is 28.0. The van der Waals surface area contributed by atoms with Gasteiger partial charge >= 0.3 is 0 Å². The van der Waals surface area contributed by atoms with E-state index >= 15 is 0 Å². The zero-order chi connectivity index (χ0) is 21.9. The summed E-state index contributed by atoms with van der Waals surface area (Å²) in [7, 11) is 0. The number of carbonyl (C=O) groups is 1. The van der Waals surface area contributed by atoms with Gasteiger partial charge in [0.05, 0.1) is 10.9 Å². The average Bonchev–Trinajstić information content (AvgIpc) is 3.60. The van der Waals surface area contributed by atoms with Crippen molar-refractivity contribution in [1.82, 2.24) is 14.8 Å². The van der Waals surface area contributed by atoms with Gasteiger partial charge in [0.15, 0.2) is 0 Å². The van der Waals surface area contributed by atoms with Crippen LogP contribution in [0.3, 0.4) is 0 Å². The Morgan fingerprint density at radius 3 is 2.34 bits per heavy atom. The Hall–Kier alpha value is -3.38. The smallest absolute Gasteiger partial charge is 0.237 e. The number of rotatable bonds is 7. The van der Waals surface area contributed by atoms with Crippen molar-refractivity contribution in [2.45, 2.75) is 36.1 Å². The highest BCUT2D eigenvalue weighted by molar-refractivity contribution is 8.00. The fourth-order valence-corrected chi connectivity index (χ4v) is 4.38. The maximum absolute atomic E-state index is 13.0. The van der Waals surface area contributed by atoms with Crippen LogP contribution in [0, 0.1) is 0 Å². The zero-order valence-corrected chi connectivity index (χ0v) is 18.6. The minimum Gasteiger partial charge on any atom is -0.325 e. The van der Waals surface area contributed by atoms with Gasteiger partial charge in [0.1, 0.15) is 5.82 Å². The van der Waals surface area contributed by atoms with E-state index in [-0.39, 0.29) is 11.2 Å². The number of thioether (sulfide) groups is 1. The number of anilines is 1. The Balaban J connectivity index is 1.33. The molecule has 0 spiro atoms. The van der Waals surface area contributed by atoms with Crippen LogP contribution in [0.4, 0.5) is 5.69 Å². The van der Waals surface area contributed by atoms with Crippen LogP contribution >= 0.6 is 11.8 Å². The second-order valence-electron chi connectivity index (χ2n) is 7.94. The van der Waals surface area contributed by atoms with Crippen LogP contribution in [0.2, 0.25) is 0 Å². The molecule has 0 bridgehead atoms. The molecule has 1 atom stereocenters. The van der Waals surface area contributed by atoms with Gasteiger partial charge in [0.25, 0.3) is 0 Å². The molecule has 0 radical (unpaired) electrons. The van der Waals surface area contributed by atoms with E-state index in [1.54, 1.807) is 0 Å². The predicted octanol–water partition coefficient (Wildman–Crippen LogP) is 5.93. The van der Waals surface area contributed by atoms with E-state index in [2.05, 4.69) is 5.32 Å². The molecule has 5 nitrogen and oxygen atoms in total. The van der Waals surface area contributed by atoms with Gasteiger partial charge < -0.3 is 5.32 Å². The van der Waals surface area contributed by atoms with Gasteiger partial charge in [-0.25, -0.2) is 9.67 Å². The van der Waals surface area contributed by atoms with Crippen molar-refractivity contribution >= 4 is 23.4 Å². The van der Waals surface area contributed by atoms with Gasteiger partial charge in [0, 0.05) is 17.2 Å². The zero-order valence-electron chi connectivity index (χ0n) is 17.8. The van der Waals surface area contributed by atoms with Gasteiger partial charge in [-0.1, -0.05) is 78.5 Å². The van der Waals surface area contributed by atoms with Crippen LogP contribution < -0.4 is 5.32 Å². The topological polar surface area (TPSA) is 59.8 Å². The van der Waals surface area contributed by atoms with Crippen molar-refractivity contribution in [3.63, 3.8) is 0 Å². The molecule has 5 rings (SSSR count). The molecule has 160 valence electrons. The first-order valence-corrected chi connectivity index (χ1v) is 11.7. The van der Waals surface area contributed by atoms with Crippen molar-refractivity contribution in [2.75, 3.05) is 5.32 Å². The molecule has 32 heavy (non-hydrogen) atoms. The number of hydrogen-bond acceptors (Lipinski definition) is 4. The van der Waals surface area contributed by atoms with E-state index in [9.17, 15) is 4.79 Å². The number of aromatic nitrogens is 3. The lowest BCUT2D eigenvalue weighted by Gasteiger charge is -2.14. The highest BCUT2D eigenvalue weighted by atomic mass is 32.2. The molecular weight excluding hydrogens is 416 g/mol. The van der Waals surface area contributed by atoms with Gasteiger partial charge in [0.2, 0.25) is 11.1 Å². The standard InChI is InChI=1S/C26H24N4OS/c1-18(25(31)27-23-15-9-8-14-22(23)19-10-4-2-5-11-19)32-26-28-24(20-16-17-20)30(29-26)21-12-6-3-7-13-21/h2-15,18,20H,16-17H2,1H3,(H,27,31)/t18-/m1/s1. The quantitative estimate of drug-likeness (QED) is 0.362. The van der Waals surface area contributed by atoms with E-state index in [1.165, 1.54) is 11.8 Å². The number of hydrogen-bond donors (Lipinski definition) is 1. The van der Waals surface area contributed by atoms with Gasteiger partial charge in [-0.05, 0) is 43.5 Å². The fourth-order valence-electron chi connectivity index (χ4n) is 3.63. The summed E-state index contributed by atoms with van der Waals surface area (Å²) in [5.74, 6) is 1.38. The van der Waals surface area contributed by atoms with Crippen LogP contribution in [0.15, 0.2) is 90.1 Å². The maximum atomic E-state index is 13.0. The van der Waals surface area contributed by atoms with Crippen molar-refractivity contribution in [2.24, 2.45) is 0 Å². The maximum Gasteiger partial charge on any atom is 0.237 e. The van der Waals surface area contributed by atoms with E-state index in [1.807, 2.05) is 96.5 Å². The monoisotopic (exact) mass is 440 g/mol. The second kappa shape index (κ2) is 9.01. The molecule has 0 unspecified atom stereocenters. The summed E-state index contributed by atoms with van der Waals surface area (Å²) in [6.07, 6.45) is 2.28. The summed E-state index contributed by atoms with van der Waals surface area (Å²) in [6.45, 7) is 1.89. The third kappa shape index (κ3) is 4.46. The van der Waals surface area contributed by atoms with E-state index in [0.29, 0.717) is 11.1 Å². The third-order valence-corrected chi connectivity index (χ3v) is 6.43. The molecule has 3 aromatic carbocycles. The van der Waals surface area contributed by atoms with Crippen molar-refractivity contribution < 1.29 is 4.79 Å². The van der Waals surface area contributed by atoms with Gasteiger partial charge in [-0.3, -0.25) is 4.79 Å². The Kier molecular flexibility index (Phi) is 5.77. The Morgan fingerprint density at radius 1 is 0.969 bits per heavy atom. The van der Waals surface area contributed by atoms with Crippen LogP contribution in [-0.2, 0) is 4.79 Å². The first-order valence-electron chi connectivity index (χ1n) is 10.8. The molecule has 0 saturated heterocycles. The summed E-state index contributed by atoms with van der Waals surface area (Å²) in [5, 5.41) is 8.12. The summed E-state index contributed by atoms with van der Waals surface area (Å²) >= 11 is 1.39. The normalized spacial score (nSPS) is 14.2. The minimum atomic E-state index is -0.336. The predicted molar refractivity (Wildman–Crippen MR) is 129 cm³/mol. The van der Waals surface area contributed by atoms with Gasteiger partial charge in [-0.15, -0.1) is 5.10 Å². The lowest BCUT2D eigenvalue weighted by atomic mass is 10.0. The molecule has 1 N–H and O–H groups in total. The van der Waals surface area contributed by atoms with Crippen LogP contribution in [0.25, 0.3) is 16.8 Å². The molecule has 1 saturated carbocycles. The molecule has 1 aliphatic carbocycles. The molecule has 1 aliphatic rings. The molecule has 4 aromatic rings. The lowest BCUT2D eigenvalue weighted by Crippen LogP contribution is -2.22. The minimum absolute atomic E-state index is 0.0672. The Morgan fingerprint density at radius 2 is 1.62 bits per heavy atom. The molecular formula is C26H24N4OS. The van der Waals surface area contributed by atoms with Gasteiger partial charge in [-0.2, -0.15) is 0 Å². The average molecular weight is 441 g/mol. The molecule has 6 heteroatoms. The van der Waals surface area contributed by atoms with Crippen molar-refractivity contribution in [3.8, 4) is 16.8 Å². The number of para-hydroxylation sites is 2. The Bertz CT molecular complexity index is 1220. The van der Waals surface area contributed by atoms with E-state index < -0.39 is 0 Å². The van der Waals surface area contributed by atoms with Crippen LogP contribution in [-0.4, -0.2) is 25.9 Å². The van der Waals surface area contributed by atoms with Crippen LogP contribution in [0.1, 0.15) is 31.5 Å². The van der Waals surface area contributed by atoms with Crippen LogP contribution in [0.5, 0.6) is 0 Å². The first-order chi connectivity index (χ1) is 15.7. The second-order valence-corrected chi connectivity index (χ2v) is 9.24. The third-order valence-electron chi connectivity index (χ3n) is 5.48. The molecule has 1 heterocycles.